The third-order valence-electron chi connectivity index (χ3n) is 2.55. The van der Waals surface area contributed by atoms with Crippen molar-refractivity contribution in [1.29, 1.82) is 0 Å². The Morgan fingerprint density at radius 3 is 2.46 bits per heavy atom. The van der Waals surface area contributed by atoms with Gasteiger partial charge < -0.3 is 5.73 Å². The van der Waals surface area contributed by atoms with E-state index in [-0.39, 0.29) is 11.7 Å². The standard InChI is InChI=1S/C11H16FN/c1-7-4-10(8(2)6-13)5-11(12)9(7)3/h4-5,8H,6,13H2,1-3H3. The fraction of sp³-hybridized carbons (Fsp3) is 0.455. The van der Waals surface area contributed by atoms with E-state index in [0.717, 1.165) is 16.7 Å². The highest BCUT2D eigenvalue weighted by atomic mass is 19.1. The van der Waals surface area contributed by atoms with E-state index in [1.165, 1.54) is 0 Å². The SMILES string of the molecule is Cc1cc(C(C)CN)cc(F)c1C. The second-order valence-electron chi connectivity index (χ2n) is 3.58. The van der Waals surface area contributed by atoms with Gasteiger partial charge in [-0.2, -0.15) is 0 Å². The lowest BCUT2D eigenvalue weighted by atomic mass is 9.97. The fourth-order valence-corrected chi connectivity index (χ4v) is 1.26. The second kappa shape index (κ2) is 3.88. The zero-order valence-electron chi connectivity index (χ0n) is 8.39. The molecule has 1 atom stereocenters. The van der Waals surface area contributed by atoms with Crippen LogP contribution in [-0.2, 0) is 0 Å². The summed E-state index contributed by atoms with van der Waals surface area (Å²) in [6.07, 6.45) is 0. The van der Waals surface area contributed by atoms with Crippen molar-refractivity contribution in [3.05, 3.63) is 34.6 Å². The monoisotopic (exact) mass is 181 g/mol. The Balaban J connectivity index is 3.13. The van der Waals surface area contributed by atoms with Crippen LogP contribution in [0.25, 0.3) is 0 Å². The van der Waals surface area contributed by atoms with Crippen LogP contribution >= 0.6 is 0 Å². The molecule has 0 spiro atoms. The molecular formula is C11H16FN. The third-order valence-corrected chi connectivity index (χ3v) is 2.55. The molecule has 0 aliphatic heterocycles. The van der Waals surface area contributed by atoms with E-state index in [1.807, 2.05) is 19.9 Å². The van der Waals surface area contributed by atoms with Crippen LogP contribution in [0.15, 0.2) is 12.1 Å². The molecule has 0 fully saturated rings. The maximum atomic E-state index is 13.3. The predicted molar refractivity (Wildman–Crippen MR) is 53.3 cm³/mol. The van der Waals surface area contributed by atoms with Gasteiger partial charge in [-0.05, 0) is 49.1 Å². The first-order chi connectivity index (χ1) is 6.06. The minimum absolute atomic E-state index is 0.129. The van der Waals surface area contributed by atoms with Crippen LogP contribution in [0.5, 0.6) is 0 Å². The number of hydrogen-bond acceptors (Lipinski definition) is 1. The number of hydrogen-bond donors (Lipinski definition) is 1. The van der Waals surface area contributed by atoms with Crippen molar-refractivity contribution in [3.63, 3.8) is 0 Å². The Morgan fingerprint density at radius 1 is 1.38 bits per heavy atom. The molecule has 0 radical (unpaired) electrons. The van der Waals surface area contributed by atoms with Crippen molar-refractivity contribution in [3.8, 4) is 0 Å². The van der Waals surface area contributed by atoms with E-state index in [1.54, 1.807) is 13.0 Å². The minimum Gasteiger partial charge on any atom is -0.330 e. The molecular weight excluding hydrogens is 165 g/mol. The summed E-state index contributed by atoms with van der Waals surface area (Å²) in [5.41, 5.74) is 8.23. The largest absolute Gasteiger partial charge is 0.330 e. The van der Waals surface area contributed by atoms with Gasteiger partial charge in [0.2, 0.25) is 0 Å². The summed E-state index contributed by atoms with van der Waals surface area (Å²) in [7, 11) is 0. The average molecular weight is 181 g/mol. The summed E-state index contributed by atoms with van der Waals surface area (Å²) in [5, 5.41) is 0. The Labute approximate surface area is 78.8 Å². The van der Waals surface area contributed by atoms with Gasteiger partial charge in [0.05, 0.1) is 0 Å². The summed E-state index contributed by atoms with van der Waals surface area (Å²) >= 11 is 0. The molecule has 13 heavy (non-hydrogen) atoms. The van der Waals surface area contributed by atoms with Crippen molar-refractivity contribution in [2.24, 2.45) is 5.73 Å². The Bertz CT molecular complexity index is 284. The molecule has 72 valence electrons. The molecule has 0 aliphatic carbocycles. The van der Waals surface area contributed by atoms with E-state index < -0.39 is 0 Å². The lowest BCUT2D eigenvalue weighted by molar-refractivity contribution is 0.610. The molecule has 1 aromatic rings. The molecule has 0 heterocycles. The fourth-order valence-electron chi connectivity index (χ4n) is 1.26. The molecule has 0 aliphatic rings. The zero-order valence-corrected chi connectivity index (χ0v) is 8.39. The van der Waals surface area contributed by atoms with E-state index in [0.29, 0.717) is 6.54 Å². The highest BCUT2D eigenvalue weighted by molar-refractivity contribution is 5.33. The van der Waals surface area contributed by atoms with Crippen molar-refractivity contribution < 1.29 is 4.39 Å². The molecule has 1 unspecified atom stereocenters. The normalized spacial score (nSPS) is 13.0. The van der Waals surface area contributed by atoms with Crippen LogP contribution in [0.3, 0.4) is 0 Å². The smallest absolute Gasteiger partial charge is 0.126 e. The molecule has 0 amide bonds. The minimum atomic E-state index is -0.129. The highest BCUT2D eigenvalue weighted by Crippen LogP contribution is 2.20. The van der Waals surface area contributed by atoms with Crippen LogP contribution in [0.2, 0.25) is 0 Å². The molecule has 2 heteroatoms. The summed E-state index contributed by atoms with van der Waals surface area (Å²) in [5.74, 6) is 0.101. The van der Waals surface area contributed by atoms with Gasteiger partial charge in [-0.25, -0.2) is 4.39 Å². The summed E-state index contributed by atoms with van der Waals surface area (Å²) in [6.45, 7) is 6.28. The van der Waals surface area contributed by atoms with Gasteiger partial charge in [-0.1, -0.05) is 13.0 Å². The van der Waals surface area contributed by atoms with Gasteiger partial charge in [0.15, 0.2) is 0 Å². The summed E-state index contributed by atoms with van der Waals surface area (Å²) < 4.78 is 13.3. The maximum absolute atomic E-state index is 13.3. The molecule has 0 aromatic heterocycles. The molecule has 0 saturated carbocycles. The van der Waals surface area contributed by atoms with E-state index in [9.17, 15) is 4.39 Å². The van der Waals surface area contributed by atoms with Gasteiger partial charge >= 0.3 is 0 Å². The van der Waals surface area contributed by atoms with Gasteiger partial charge in [-0.3, -0.25) is 0 Å². The Morgan fingerprint density at radius 2 is 2.00 bits per heavy atom. The Kier molecular flexibility index (Phi) is 3.04. The molecule has 1 nitrogen and oxygen atoms in total. The quantitative estimate of drug-likeness (QED) is 0.745. The number of nitrogens with two attached hydrogens (primary N) is 1. The Hall–Kier alpha value is -0.890. The van der Waals surface area contributed by atoms with Crippen LogP contribution in [0.4, 0.5) is 4.39 Å². The first kappa shape index (κ1) is 10.2. The lowest BCUT2D eigenvalue weighted by Crippen LogP contribution is -2.09. The molecule has 0 saturated heterocycles. The third kappa shape index (κ3) is 2.07. The van der Waals surface area contributed by atoms with E-state index >= 15 is 0 Å². The van der Waals surface area contributed by atoms with Crippen molar-refractivity contribution >= 4 is 0 Å². The number of rotatable bonds is 2. The molecule has 1 aromatic carbocycles. The second-order valence-corrected chi connectivity index (χ2v) is 3.58. The predicted octanol–water partition coefficient (Wildman–Crippen LogP) is 2.50. The topological polar surface area (TPSA) is 26.0 Å². The lowest BCUT2D eigenvalue weighted by Gasteiger charge is -2.11. The highest BCUT2D eigenvalue weighted by Gasteiger charge is 2.08. The van der Waals surface area contributed by atoms with Crippen LogP contribution in [0.1, 0.15) is 29.5 Å². The van der Waals surface area contributed by atoms with Crippen molar-refractivity contribution in [2.75, 3.05) is 6.54 Å². The van der Waals surface area contributed by atoms with Crippen molar-refractivity contribution in [1.82, 2.24) is 0 Å². The van der Waals surface area contributed by atoms with Gasteiger partial charge in [0.25, 0.3) is 0 Å². The average Bonchev–Trinajstić information content (AvgIpc) is 2.12. The zero-order chi connectivity index (χ0) is 10.0. The first-order valence-electron chi connectivity index (χ1n) is 4.53. The summed E-state index contributed by atoms with van der Waals surface area (Å²) in [6, 6.07) is 3.59. The molecule has 2 N–H and O–H groups in total. The summed E-state index contributed by atoms with van der Waals surface area (Å²) in [4.78, 5) is 0. The number of benzene rings is 1. The van der Waals surface area contributed by atoms with Gasteiger partial charge in [-0.15, -0.1) is 0 Å². The van der Waals surface area contributed by atoms with E-state index in [2.05, 4.69) is 0 Å². The number of halogens is 1. The molecule has 0 bridgehead atoms. The van der Waals surface area contributed by atoms with Crippen LogP contribution in [0, 0.1) is 19.7 Å². The van der Waals surface area contributed by atoms with Gasteiger partial charge in [0, 0.05) is 0 Å². The first-order valence-corrected chi connectivity index (χ1v) is 4.53. The number of aryl methyl sites for hydroxylation is 1. The van der Waals surface area contributed by atoms with E-state index in [4.69, 9.17) is 5.73 Å². The van der Waals surface area contributed by atoms with Crippen LogP contribution in [-0.4, -0.2) is 6.54 Å². The van der Waals surface area contributed by atoms with Crippen molar-refractivity contribution in [2.45, 2.75) is 26.7 Å². The molecule has 1 rings (SSSR count). The van der Waals surface area contributed by atoms with Gasteiger partial charge in [0.1, 0.15) is 5.82 Å². The van der Waals surface area contributed by atoms with Crippen LogP contribution < -0.4 is 5.73 Å². The maximum Gasteiger partial charge on any atom is 0.126 e.